The fourth-order valence-corrected chi connectivity index (χ4v) is 6.70. The maximum absolute atomic E-state index is 6.63. The Bertz CT molecular complexity index is 503. The van der Waals surface area contributed by atoms with Gasteiger partial charge in [-0.1, -0.05) is 31.0 Å². The van der Waals surface area contributed by atoms with Gasteiger partial charge in [-0.2, -0.15) is 0 Å². The van der Waals surface area contributed by atoms with E-state index in [9.17, 15) is 0 Å². The molecule has 0 aromatic heterocycles. The van der Waals surface area contributed by atoms with Crippen molar-refractivity contribution >= 4 is 25.7 Å². The second-order valence-corrected chi connectivity index (χ2v) is 8.85. The molecule has 0 N–H and O–H groups in total. The first-order valence-electron chi connectivity index (χ1n) is 8.53. The number of nitrogens with zero attached hydrogens (tertiary/aromatic N) is 2. The highest BCUT2D eigenvalue weighted by Crippen LogP contribution is 2.58. The smallest absolute Gasteiger partial charge is 0.218 e. The minimum atomic E-state index is -0.692. The van der Waals surface area contributed by atoms with Gasteiger partial charge in [0.25, 0.3) is 0 Å². The van der Waals surface area contributed by atoms with Crippen LogP contribution in [-0.2, 0) is 4.52 Å². The zero-order valence-corrected chi connectivity index (χ0v) is 14.6. The van der Waals surface area contributed by atoms with Gasteiger partial charge in [0.1, 0.15) is 0 Å². The number of para-hydroxylation sites is 1. The molecule has 2 aliphatic heterocycles. The summed E-state index contributed by atoms with van der Waals surface area (Å²) in [6, 6.07) is 11.4. The molecule has 120 valence electrons. The predicted molar refractivity (Wildman–Crippen MR) is 93.4 cm³/mol. The lowest BCUT2D eigenvalue weighted by Crippen LogP contribution is -2.30. The van der Waals surface area contributed by atoms with Crippen molar-refractivity contribution in [3.05, 3.63) is 30.3 Å². The minimum Gasteiger partial charge on any atom is -0.322 e. The standard InChI is InChI=1S/C17H24ClN2OP/c18-16-10-4-5-11-17(16)21-22-19-12-6-9-15(19)13-20(22)14-7-2-1-3-8-14/h1-3,7-8,15-17H,4-6,9-13H2/t15-,16+,17+,22?/m0/s1. The van der Waals surface area contributed by atoms with E-state index >= 15 is 0 Å². The summed E-state index contributed by atoms with van der Waals surface area (Å²) in [6.07, 6.45) is 7.57. The van der Waals surface area contributed by atoms with Crippen molar-refractivity contribution in [3.63, 3.8) is 0 Å². The third kappa shape index (κ3) is 2.89. The Labute approximate surface area is 139 Å². The Morgan fingerprint density at radius 1 is 1.05 bits per heavy atom. The molecule has 1 saturated carbocycles. The summed E-state index contributed by atoms with van der Waals surface area (Å²) < 4.78 is 11.7. The zero-order valence-electron chi connectivity index (χ0n) is 12.9. The highest BCUT2D eigenvalue weighted by Gasteiger charge is 2.45. The molecule has 1 unspecified atom stereocenters. The van der Waals surface area contributed by atoms with Gasteiger partial charge in [-0.15, -0.1) is 11.6 Å². The minimum absolute atomic E-state index is 0.190. The highest BCUT2D eigenvalue weighted by atomic mass is 35.5. The first kappa shape index (κ1) is 15.2. The van der Waals surface area contributed by atoms with Gasteiger partial charge in [0.2, 0.25) is 8.45 Å². The molecule has 3 fully saturated rings. The van der Waals surface area contributed by atoms with Crippen LogP contribution in [0, 0.1) is 0 Å². The van der Waals surface area contributed by atoms with Gasteiger partial charge in [-0.25, -0.2) is 4.67 Å². The molecule has 3 nitrogen and oxygen atoms in total. The average Bonchev–Trinajstić information content (AvgIpc) is 3.13. The quantitative estimate of drug-likeness (QED) is 0.583. The summed E-state index contributed by atoms with van der Waals surface area (Å²) in [4.78, 5) is 0. The van der Waals surface area contributed by atoms with Gasteiger partial charge in [0.15, 0.2) is 0 Å². The Hall–Kier alpha value is -0.340. The van der Waals surface area contributed by atoms with E-state index in [1.165, 1.54) is 37.9 Å². The van der Waals surface area contributed by atoms with E-state index in [1.807, 2.05) is 0 Å². The number of fused-ring (bicyclic) bond motifs is 1. The molecular formula is C17H24ClN2OP. The van der Waals surface area contributed by atoms with Crippen molar-refractivity contribution in [1.29, 1.82) is 0 Å². The van der Waals surface area contributed by atoms with Crippen molar-refractivity contribution in [3.8, 4) is 0 Å². The van der Waals surface area contributed by atoms with Crippen LogP contribution in [0.5, 0.6) is 0 Å². The molecule has 0 spiro atoms. The Kier molecular flexibility index (Phi) is 4.59. The van der Waals surface area contributed by atoms with E-state index < -0.39 is 8.45 Å². The van der Waals surface area contributed by atoms with E-state index in [2.05, 4.69) is 39.7 Å². The number of hydrogen-bond donors (Lipinski definition) is 0. The lowest BCUT2D eigenvalue weighted by atomic mass is 9.97. The molecule has 1 aromatic rings. The zero-order chi connectivity index (χ0) is 14.9. The summed E-state index contributed by atoms with van der Waals surface area (Å²) in [5.41, 5.74) is 1.30. The summed E-state index contributed by atoms with van der Waals surface area (Å²) in [7, 11) is -0.692. The van der Waals surface area contributed by atoms with Gasteiger partial charge in [-0.05, 0) is 37.8 Å². The fourth-order valence-electron chi connectivity index (χ4n) is 3.85. The van der Waals surface area contributed by atoms with Crippen molar-refractivity contribution in [2.75, 3.05) is 17.8 Å². The maximum Gasteiger partial charge on any atom is 0.218 e. The number of alkyl halides is 1. The van der Waals surface area contributed by atoms with E-state index in [0.717, 1.165) is 19.4 Å². The van der Waals surface area contributed by atoms with Crippen molar-refractivity contribution < 1.29 is 4.52 Å². The van der Waals surface area contributed by atoms with Gasteiger partial charge in [-0.3, -0.25) is 0 Å². The van der Waals surface area contributed by atoms with Crippen LogP contribution in [0.4, 0.5) is 5.69 Å². The van der Waals surface area contributed by atoms with E-state index in [-0.39, 0.29) is 11.5 Å². The maximum atomic E-state index is 6.63. The third-order valence-corrected chi connectivity index (χ3v) is 7.79. The lowest BCUT2D eigenvalue weighted by molar-refractivity contribution is 0.166. The van der Waals surface area contributed by atoms with E-state index in [1.54, 1.807) is 0 Å². The second kappa shape index (κ2) is 6.65. The van der Waals surface area contributed by atoms with Crippen LogP contribution in [0.25, 0.3) is 0 Å². The largest absolute Gasteiger partial charge is 0.322 e. The lowest BCUT2D eigenvalue weighted by Gasteiger charge is -2.35. The molecule has 0 amide bonds. The number of rotatable bonds is 3. The third-order valence-electron chi connectivity index (χ3n) is 5.06. The molecule has 0 bridgehead atoms. The monoisotopic (exact) mass is 338 g/mol. The Morgan fingerprint density at radius 3 is 2.68 bits per heavy atom. The van der Waals surface area contributed by atoms with Crippen LogP contribution in [-0.4, -0.2) is 35.3 Å². The molecule has 4 rings (SSSR count). The van der Waals surface area contributed by atoms with Crippen LogP contribution in [0.15, 0.2) is 30.3 Å². The Morgan fingerprint density at radius 2 is 1.86 bits per heavy atom. The molecule has 1 aliphatic carbocycles. The van der Waals surface area contributed by atoms with E-state index in [4.69, 9.17) is 16.1 Å². The molecule has 4 atom stereocenters. The topological polar surface area (TPSA) is 15.7 Å². The average molecular weight is 339 g/mol. The summed E-state index contributed by atoms with van der Waals surface area (Å²) in [5.74, 6) is 0. The molecule has 0 radical (unpaired) electrons. The molecule has 1 aromatic carbocycles. The summed E-state index contributed by atoms with van der Waals surface area (Å²) >= 11 is 6.55. The molecular weight excluding hydrogens is 315 g/mol. The summed E-state index contributed by atoms with van der Waals surface area (Å²) in [6.45, 7) is 2.29. The van der Waals surface area contributed by atoms with Gasteiger partial charge < -0.3 is 9.19 Å². The van der Waals surface area contributed by atoms with Gasteiger partial charge in [0.05, 0.1) is 11.5 Å². The van der Waals surface area contributed by atoms with Gasteiger partial charge in [0, 0.05) is 24.8 Å². The van der Waals surface area contributed by atoms with E-state index in [0.29, 0.717) is 6.04 Å². The number of halogens is 1. The number of anilines is 1. The molecule has 5 heteroatoms. The first-order valence-corrected chi connectivity index (χ1v) is 10.1. The summed E-state index contributed by atoms with van der Waals surface area (Å²) in [5, 5.41) is 0.190. The Balaban J connectivity index is 1.55. The normalized spacial score (nSPS) is 35.8. The van der Waals surface area contributed by atoms with Crippen LogP contribution in [0.2, 0.25) is 0 Å². The molecule has 22 heavy (non-hydrogen) atoms. The second-order valence-electron chi connectivity index (χ2n) is 6.57. The van der Waals surface area contributed by atoms with Crippen LogP contribution < -0.4 is 4.67 Å². The number of benzene rings is 1. The fraction of sp³-hybridized carbons (Fsp3) is 0.647. The van der Waals surface area contributed by atoms with Crippen LogP contribution in [0.1, 0.15) is 38.5 Å². The molecule has 3 aliphatic rings. The highest BCUT2D eigenvalue weighted by molar-refractivity contribution is 7.52. The van der Waals surface area contributed by atoms with Crippen LogP contribution in [0.3, 0.4) is 0 Å². The van der Waals surface area contributed by atoms with Crippen LogP contribution >= 0.6 is 20.1 Å². The van der Waals surface area contributed by atoms with Gasteiger partial charge >= 0.3 is 0 Å². The first-order chi connectivity index (χ1) is 10.8. The van der Waals surface area contributed by atoms with Crippen molar-refractivity contribution in [2.24, 2.45) is 0 Å². The predicted octanol–water partition coefficient (Wildman–Crippen LogP) is 4.76. The molecule has 2 heterocycles. The molecule has 2 saturated heterocycles. The SMILES string of the molecule is Cl[C@@H]1CCCC[C@H]1OP1N(c2ccccc2)C[C@@H]2CCCN21. The van der Waals surface area contributed by atoms with Crippen molar-refractivity contribution in [2.45, 2.75) is 56.0 Å². The van der Waals surface area contributed by atoms with Crippen molar-refractivity contribution in [1.82, 2.24) is 4.67 Å². The number of hydrogen-bond acceptors (Lipinski definition) is 3.